The summed E-state index contributed by atoms with van der Waals surface area (Å²) in [5.74, 6) is 1.87. The number of nitrogens with two attached hydrogens (primary N) is 2. The average Bonchev–Trinajstić information content (AvgIpc) is 2.84. The Morgan fingerprint density at radius 2 is 1.14 bits per heavy atom. The molecule has 0 bridgehead atoms. The highest BCUT2D eigenvalue weighted by Gasteiger charge is 2.24. The van der Waals surface area contributed by atoms with Crippen molar-refractivity contribution in [3.63, 3.8) is 0 Å². The summed E-state index contributed by atoms with van der Waals surface area (Å²) in [5, 5.41) is 0. The lowest BCUT2D eigenvalue weighted by atomic mass is 9.78. The van der Waals surface area contributed by atoms with Gasteiger partial charge in [0.25, 0.3) is 0 Å². The summed E-state index contributed by atoms with van der Waals surface area (Å²) >= 11 is 0. The smallest absolute Gasteiger partial charge is 0.210 e. The van der Waals surface area contributed by atoms with Crippen molar-refractivity contribution in [2.45, 2.75) is 36.0 Å². The molecule has 0 unspecified atom stereocenters. The fraction of sp³-hybridized carbons (Fsp3) is 0.172. The van der Waals surface area contributed by atoms with Gasteiger partial charge < -0.3 is 20.9 Å². The normalized spacial score (nSPS) is 11.8. The molecular formula is C29H30N2O4S. The first-order valence-electron chi connectivity index (χ1n) is 11.5. The number of benzene rings is 4. The van der Waals surface area contributed by atoms with Crippen LogP contribution in [0, 0.1) is 6.92 Å². The highest BCUT2D eigenvalue weighted by molar-refractivity contribution is 7.91. The lowest BCUT2D eigenvalue weighted by molar-refractivity contribution is 0.414. The summed E-state index contributed by atoms with van der Waals surface area (Å²) in [7, 11) is -2.22. The Kier molecular flexibility index (Phi) is 6.69. The van der Waals surface area contributed by atoms with Crippen molar-refractivity contribution in [3.8, 4) is 17.2 Å². The van der Waals surface area contributed by atoms with Gasteiger partial charge >= 0.3 is 0 Å². The van der Waals surface area contributed by atoms with Gasteiger partial charge in [-0.3, -0.25) is 0 Å². The van der Waals surface area contributed by atoms with Crippen molar-refractivity contribution in [2.24, 2.45) is 0 Å². The number of nitrogen functional groups attached to an aromatic ring is 2. The molecule has 36 heavy (non-hydrogen) atoms. The van der Waals surface area contributed by atoms with Gasteiger partial charge in [0.1, 0.15) is 17.2 Å². The van der Waals surface area contributed by atoms with E-state index in [4.69, 9.17) is 20.9 Å². The first-order valence-corrected chi connectivity index (χ1v) is 12.9. The van der Waals surface area contributed by atoms with Gasteiger partial charge in [-0.2, -0.15) is 0 Å². The van der Waals surface area contributed by atoms with Crippen molar-refractivity contribution in [1.82, 2.24) is 0 Å². The predicted octanol–water partition coefficient (Wildman–Crippen LogP) is 6.12. The molecule has 0 aliphatic rings. The first-order chi connectivity index (χ1) is 17.0. The Hall–Kier alpha value is -3.97. The van der Waals surface area contributed by atoms with Gasteiger partial charge in [0.05, 0.1) is 28.3 Å². The van der Waals surface area contributed by atoms with Gasteiger partial charge in [-0.1, -0.05) is 44.2 Å². The summed E-state index contributed by atoms with van der Waals surface area (Å²) in [6.45, 7) is 6.16. The van der Waals surface area contributed by atoms with Crippen LogP contribution in [0.15, 0.2) is 94.7 Å². The van der Waals surface area contributed by atoms with Crippen molar-refractivity contribution in [1.29, 1.82) is 0 Å². The molecule has 4 N–H and O–H groups in total. The van der Waals surface area contributed by atoms with Gasteiger partial charge in [-0.15, -0.1) is 0 Å². The second-order valence-corrected chi connectivity index (χ2v) is 11.1. The largest absolute Gasteiger partial charge is 0.497 e. The Morgan fingerprint density at radius 1 is 0.667 bits per heavy atom. The minimum atomic E-state index is -3.87. The highest BCUT2D eigenvalue weighted by atomic mass is 32.2. The third-order valence-electron chi connectivity index (χ3n) is 6.35. The van der Waals surface area contributed by atoms with Crippen LogP contribution in [-0.2, 0) is 15.3 Å². The van der Waals surface area contributed by atoms with E-state index in [1.807, 2.05) is 43.3 Å². The summed E-state index contributed by atoms with van der Waals surface area (Å²) in [4.78, 5) is 0.0190. The van der Waals surface area contributed by atoms with Crippen LogP contribution in [0.3, 0.4) is 0 Å². The van der Waals surface area contributed by atoms with E-state index in [1.165, 1.54) is 18.2 Å². The molecule has 7 heteroatoms. The summed E-state index contributed by atoms with van der Waals surface area (Å²) in [6.07, 6.45) is 0. The molecule has 0 fully saturated rings. The SMILES string of the molecule is COc1ccc(C(C)(C)c2ccc(Oc3ccc(S(=O)(=O)c4ccc(C)cc4N)c(N)c3)cc2)cc1. The van der Waals surface area contributed by atoms with E-state index in [0.29, 0.717) is 11.5 Å². The third kappa shape index (κ3) is 4.88. The molecule has 4 rings (SSSR count). The van der Waals surface area contributed by atoms with E-state index in [9.17, 15) is 8.42 Å². The molecule has 0 amide bonds. The summed E-state index contributed by atoms with van der Waals surface area (Å²) in [5.41, 5.74) is 15.3. The number of aryl methyl sites for hydroxylation is 1. The van der Waals surface area contributed by atoms with Crippen LogP contribution in [0.5, 0.6) is 17.2 Å². The summed E-state index contributed by atoms with van der Waals surface area (Å²) in [6, 6.07) is 25.2. The Bertz CT molecular complexity index is 1490. The third-order valence-corrected chi connectivity index (χ3v) is 8.25. The number of sulfone groups is 1. The van der Waals surface area contributed by atoms with Gasteiger partial charge in [0.2, 0.25) is 9.84 Å². The monoisotopic (exact) mass is 502 g/mol. The zero-order valence-electron chi connectivity index (χ0n) is 20.8. The van der Waals surface area contributed by atoms with Gasteiger partial charge in [0.15, 0.2) is 0 Å². The van der Waals surface area contributed by atoms with Crippen molar-refractivity contribution >= 4 is 21.2 Å². The van der Waals surface area contributed by atoms with E-state index in [1.54, 1.807) is 25.3 Å². The van der Waals surface area contributed by atoms with Crippen LogP contribution in [0.25, 0.3) is 0 Å². The van der Waals surface area contributed by atoms with Gasteiger partial charge in [0, 0.05) is 11.5 Å². The standard InChI is InChI=1S/C29H30N2O4S/c1-19-5-15-27(25(30)17-19)36(32,33)28-16-14-24(18-26(28)31)35-23-12-8-21(9-13-23)29(2,3)20-6-10-22(34-4)11-7-20/h5-18H,30-31H2,1-4H3. The van der Waals surface area contributed by atoms with E-state index in [2.05, 4.69) is 26.0 Å². The molecule has 4 aromatic carbocycles. The Balaban J connectivity index is 1.54. The second kappa shape index (κ2) is 9.59. The molecule has 0 atom stereocenters. The molecule has 4 aromatic rings. The molecule has 6 nitrogen and oxygen atoms in total. The minimum Gasteiger partial charge on any atom is -0.497 e. The second-order valence-electron chi connectivity index (χ2n) is 9.22. The van der Waals surface area contributed by atoms with Crippen molar-refractivity contribution in [2.75, 3.05) is 18.6 Å². The Labute approximate surface area is 212 Å². The van der Waals surface area contributed by atoms with Crippen LogP contribution in [0.1, 0.15) is 30.5 Å². The molecule has 0 saturated carbocycles. The number of anilines is 2. The van der Waals surface area contributed by atoms with Gasteiger partial charge in [-0.25, -0.2) is 8.42 Å². The molecule has 186 valence electrons. The van der Waals surface area contributed by atoms with Crippen LogP contribution in [0.2, 0.25) is 0 Å². The first kappa shape index (κ1) is 25.1. The Morgan fingerprint density at radius 3 is 1.64 bits per heavy atom. The molecule has 0 spiro atoms. The fourth-order valence-electron chi connectivity index (χ4n) is 4.12. The number of methoxy groups -OCH3 is 1. The molecular weight excluding hydrogens is 472 g/mol. The molecule has 0 saturated heterocycles. The molecule has 0 radical (unpaired) electrons. The summed E-state index contributed by atoms with van der Waals surface area (Å²) < 4.78 is 37.5. The maximum absolute atomic E-state index is 13.1. The highest BCUT2D eigenvalue weighted by Crippen LogP contribution is 2.36. The zero-order chi connectivity index (χ0) is 26.1. The topological polar surface area (TPSA) is 105 Å². The van der Waals surface area contributed by atoms with Crippen LogP contribution in [-0.4, -0.2) is 15.5 Å². The lowest BCUT2D eigenvalue weighted by Crippen LogP contribution is -2.18. The van der Waals surface area contributed by atoms with Crippen LogP contribution in [0.4, 0.5) is 11.4 Å². The number of hydrogen-bond acceptors (Lipinski definition) is 6. The van der Waals surface area contributed by atoms with E-state index in [-0.39, 0.29) is 26.6 Å². The molecule has 0 aliphatic carbocycles. The minimum absolute atomic E-state index is 0.0120. The average molecular weight is 503 g/mol. The van der Waals surface area contributed by atoms with Gasteiger partial charge in [-0.05, 0) is 72.1 Å². The molecule has 0 heterocycles. The van der Waals surface area contributed by atoms with Crippen LogP contribution >= 0.6 is 0 Å². The quantitative estimate of drug-likeness (QED) is 0.295. The van der Waals surface area contributed by atoms with Crippen molar-refractivity contribution < 1.29 is 17.9 Å². The lowest BCUT2D eigenvalue weighted by Gasteiger charge is -2.26. The fourth-order valence-corrected chi connectivity index (χ4v) is 5.59. The number of hydrogen-bond donors (Lipinski definition) is 2. The van der Waals surface area contributed by atoms with E-state index < -0.39 is 9.84 Å². The van der Waals surface area contributed by atoms with Crippen LogP contribution < -0.4 is 20.9 Å². The maximum Gasteiger partial charge on any atom is 0.210 e. The van der Waals surface area contributed by atoms with E-state index >= 15 is 0 Å². The van der Waals surface area contributed by atoms with E-state index in [0.717, 1.165) is 22.4 Å². The molecule has 0 aliphatic heterocycles. The number of rotatable bonds is 7. The molecule has 0 aromatic heterocycles. The predicted molar refractivity (Wildman–Crippen MR) is 144 cm³/mol. The van der Waals surface area contributed by atoms with Crippen molar-refractivity contribution in [3.05, 3.63) is 102 Å². The zero-order valence-corrected chi connectivity index (χ0v) is 21.6. The maximum atomic E-state index is 13.1. The number of ether oxygens (including phenoxy) is 2.